The molecule has 282 valence electrons. The molecule has 2 nitrogen and oxygen atoms in total. The summed E-state index contributed by atoms with van der Waals surface area (Å²) >= 11 is 0. The number of anilines is 3. The zero-order valence-corrected chi connectivity index (χ0v) is 32.9. The quantitative estimate of drug-likeness (QED) is 0.153. The van der Waals surface area contributed by atoms with Crippen LogP contribution in [0.1, 0.15) is 0 Å². The Hall–Kier alpha value is -7.94. The van der Waals surface area contributed by atoms with E-state index in [1.807, 2.05) is 0 Å². The van der Waals surface area contributed by atoms with Gasteiger partial charge in [0.15, 0.2) is 0 Å². The van der Waals surface area contributed by atoms with Gasteiger partial charge in [-0.05, 0) is 128 Å². The number of hydrogen-bond acceptors (Lipinski definition) is 2. The van der Waals surface area contributed by atoms with Crippen LogP contribution in [-0.2, 0) is 0 Å². The highest BCUT2D eigenvalue weighted by molar-refractivity contribution is 6.19. The van der Waals surface area contributed by atoms with Crippen LogP contribution in [0, 0.1) is 0 Å². The average Bonchev–Trinajstić information content (AvgIpc) is 3.73. The maximum Gasteiger partial charge on any atom is 0.143 e. The van der Waals surface area contributed by atoms with Crippen LogP contribution in [0.5, 0.6) is 0 Å². The van der Waals surface area contributed by atoms with Gasteiger partial charge in [-0.25, -0.2) is 0 Å². The monoisotopic (exact) mass is 765 g/mol. The Bertz CT molecular complexity index is 3220. The fraction of sp³-hybridized carbons (Fsp3) is 0. The van der Waals surface area contributed by atoms with E-state index in [0.717, 1.165) is 61.1 Å². The molecule has 60 heavy (non-hydrogen) atoms. The number of furan rings is 1. The summed E-state index contributed by atoms with van der Waals surface area (Å²) in [5, 5.41) is 4.58. The molecule has 1 heterocycles. The second kappa shape index (κ2) is 15.1. The molecule has 10 aromatic carbocycles. The van der Waals surface area contributed by atoms with Crippen LogP contribution in [0.15, 0.2) is 241 Å². The van der Waals surface area contributed by atoms with E-state index in [-0.39, 0.29) is 0 Å². The summed E-state index contributed by atoms with van der Waals surface area (Å²) in [5.41, 5.74) is 16.9. The third-order valence-electron chi connectivity index (χ3n) is 11.6. The van der Waals surface area contributed by atoms with Gasteiger partial charge in [-0.15, -0.1) is 0 Å². The van der Waals surface area contributed by atoms with E-state index in [1.165, 1.54) is 44.3 Å². The van der Waals surface area contributed by atoms with Gasteiger partial charge in [0.05, 0.1) is 0 Å². The molecule has 11 aromatic rings. The maximum atomic E-state index is 6.54. The van der Waals surface area contributed by atoms with Crippen molar-refractivity contribution in [3.63, 3.8) is 0 Å². The van der Waals surface area contributed by atoms with Crippen molar-refractivity contribution in [2.24, 2.45) is 0 Å². The minimum absolute atomic E-state index is 0.896. The first-order valence-electron chi connectivity index (χ1n) is 20.5. The predicted molar refractivity (Wildman–Crippen MR) is 253 cm³/mol. The van der Waals surface area contributed by atoms with Crippen LogP contribution in [0.25, 0.3) is 88.3 Å². The molecule has 0 atom stereocenters. The maximum absolute atomic E-state index is 6.54. The number of rotatable bonds is 8. The summed E-state index contributed by atoms with van der Waals surface area (Å²) in [6, 6.07) is 84.8. The molecule has 0 saturated heterocycles. The fourth-order valence-corrected chi connectivity index (χ4v) is 8.68. The van der Waals surface area contributed by atoms with E-state index < -0.39 is 0 Å². The smallest absolute Gasteiger partial charge is 0.143 e. The van der Waals surface area contributed by atoms with E-state index in [9.17, 15) is 0 Å². The van der Waals surface area contributed by atoms with E-state index in [1.54, 1.807) is 0 Å². The summed E-state index contributed by atoms with van der Waals surface area (Å²) < 4.78 is 6.54. The van der Waals surface area contributed by atoms with Crippen LogP contribution in [-0.4, -0.2) is 0 Å². The molecular weight excluding hydrogens is 727 g/mol. The highest BCUT2D eigenvalue weighted by Crippen LogP contribution is 2.42. The lowest BCUT2D eigenvalue weighted by Crippen LogP contribution is -2.10. The molecule has 0 aliphatic heterocycles. The van der Waals surface area contributed by atoms with Gasteiger partial charge >= 0.3 is 0 Å². The van der Waals surface area contributed by atoms with Crippen molar-refractivity contribution < 1.29 is 4.42 Å². The molecule has 0 amide bonds. The average molecular weight is 766 g/mol. The van der Waals surface area contributed by atoms with Gasteiger partial charge in [-0.3, -0.25) is 0 Å². The second-order valence-electron chi connectivity index (χ2n) is 15.3. The number of fused-ring (bicyclic) bond motifs is 5. The molecule has 0 N–H and O–H groups in total. The van der Waals surface area contributed by atoms with Gasteiger partial charge in [-0.1, -0.05) is 170 Å². The van der Waals surface area contributed by atoms with Crippen molar-refractivity contribution in [2.45, 2.75) is 0 Å². The van der Waals surface area contributed by atoms with Crippen molar-refractivity contribution in [1.29, 1.82) is 0 Å². The normalized spacial score (nSPS) is 11.3. The highest BCUT2D eigenvalue weighted by atomic mass is 16.3. The Labute approximate surface area is 349 Å². The van der Waals surface area contributed by atoms with Crippen LogP contribution >= 0.6 is 0 Å². The predicted octanol–water partition coefficient (Wildman–Crippen LogP) is 16.5. The molecule has 11 rings (SSSR count). The van der Waals surface area contributed by atoms with Crippen molar-refractivity contribution in [3.8, 4) is 55.6 Å². The summed E-state index contributed by atoms with van der Waals surface area (Å²) in [6.07, 6.45) is 0. The molecule has 0 spiro atoms. The van der Waals surface area contributed by atoms with E-state index in [4.69, 9.17) is 4.42 Å². The summed E-state index contributed by atoms with van der Waals surface area (Å²) in [6.45, 7) is 0. The molecule has 0 aliphatic rings. The summed E-state index contributed by atoms with van der Waals surface area (Å²) in [7, 11) is 0. The molecule has 0 unspecified atom stereocenters. The lowest BCUT2D eigenvalue weighted by atomic mass is 9.93. The first-order valence-corrected chi connectivity index (χ1v) is 20.5. The largest absolute Gasteiger partial charge is 0.455 e. The van der Waals surface area contributed by atoms with E-state index >= 15 is 0 Å². The second-order valence-corrected chi connectivity index (χ2v) is 15.3. The van der Waals surface area contributed by atoms with Gasteiger partial charge in [0, 0.05) is 33.2 Å². The van der Waals surface area contributed by atoms with Crippen LogP contribution in [0.3, 0.4) is 0 Å². The first kappa shape index (κ1) is 35.2. The molecule has 0 aliphatic carbocycles. The zero-order valence-electron chi connectivity index (χ0n) is 32.9. The Morgan fingerprint density at radius 1 is 0.283 bits per heavy atom. The molecule has 0 radical (unpaired) electrons. The Morgan fingerprint density at radius 3 is 1.40 bits per heavy atom. The summed E-state index contributed by atoms with van der Waals surface area (Å²) in [4.78, 5) is 2.36. The number of hydrogen-bond donors (Lipinski definition) is 0. The van der Waals surface area contributed by atoms with Gasteiger partial charge in [0.25, 0.3) is 0 Å². The molecule has 2 heteroatoms. The van der Waals surface area contributed by atoms with Gasteiger partial charge in [0.1, 0.15) is 11.2 Å². The van der Waals surface area contributed by atoms with Gasteiger partial charge in [0.2, 0.25) is 0 Å². The van der Waals surface area contributed by atoms with Crippen molar-refractivity contribution >= 4 is 49.8 Å². The molecule has 1 aromatic heterocycles. The third-order valence-corrected chi connectivity index (χ3v) is 11.6. The zero-order chi connectivity index (χ0) is 39.8. The lowest BCUT2D eigenvalue weighted by molar-refractivity contribution is 0.673. The van der Waals surface area contributed by atoms with E-state index in [2.05, 4.69) is 241 Å². The van der Waals surface area contributed by atoms with Crippen LogP contribution in [0.4, 0.5) is 17.1 Å². The standard InChI is InChI=1S/C58H39NO/c1-4-14-40(15-5-1)46-21-12-22-52(39-46)59(50-31-26-43(27-32-50)49-37-47(41-16-6-2-7-17-41)36-48(38-49)42-18-8-3-9-19-42)51-33-28-45(29-34-51)53-24-13-25-56-57(53)55-35-30-44-20-10-11-23-54(44)58(55)60-56/h1-39H. The van der Waals surface area contributed by atoms with Gasteiger partial charge in [-0.2, -0.15) is 0 Å². The van der Waals surface area contributed by atoms with Crippen LogP contribution in [0.2, 0.25) is 0 Å². The molecule has 0 fully saturated rings. The number of nitrogens with zero attached hydrogens (tertiary/aromatic N) is 1. The SMILES string of the molecule is c1ccc(-c2cc(-c3ccccc3)cc(-c3ccc(N(c4ccc(-c5cccc6oc7c8ccccc8ccc7c56)cc4)c4cccc(-c5ccccc5)c4)cc3)c2)cc1. The van der Waals surface area contributed by atoms with E-state index in [0.29, 0.717) is 0 Å². The molecule has 0 saturated carbocycles. The fourth-order valence-electron chi connectivity index (χ4n) is 8.68. The first-order chi connectivity index (χ1) is 29.7. The minimum Gasteiger partial charge on any atom is -0.455 e. The summed E-state index contributed by atoms with van der Waals surface area (Å²) in [5.74, 6) is 0. The van der Waals surface area contributed by atoms with Crippen LogP contribution < -0.4 is 4.90 Å². The highest BCUT2D eigenvalue weighted by Gasteiger charge is 2.18. The third kappa shape index (κ3) is 6.51. The van der Waals surface area contributed by atoms with Gasteiger partial charge < -0.3 is 9.32 Å². The Morgan fingerprint density at radius 2 is 0.783 bits per heavy atom. The van der Waals surface area contributed by atoms with Crippen molar-refractivity contribution in [2.75, 3.05) is 4.90 Å². The topological polar surface area (TPSA) is 16.4 Å². The number of benzene rings is 10. The van der Waals surface area contributed by atoms with Crippen molar-refractivity contribution in [1.82, 2.24) is 0 Å². The lowest BCUT2D eigenvalue weighted by Gasteiger charge is -2.26. The Balaban J connectivity index is 1.01. The minimum atomic E-state index is 0.896. The Kier molecular flexibility index (Phi) is 8.87. The van der Waals surface area contributed by atoms with Crippen molar-refractivity contribution in [3.05, 3.63) is 237 Å². The molecule has 0 bridgehead atoms. The molecular formula is C58H39NO.